The van der Waals surface area contributed by atoms with E-state index >= 15 is 0 Å². The zero-order valence-electron chi connectivity index (χ0n) is 26.2. The fourth-order valence-corrected chi connectivity index (χ4v) is 5.82. The molecule has 0 atom stereocenters. The molecule has 3 N–H and O–H groups in total. The van der Waals surface area contributed by atoms with Crippen LogP contribution in [0.3, 0.4) is 0 Å². The van der Waals surface area contributed by atoms with Crippen LogP contribution in [0, 0.1) is 0 Å². The zero-order chi connectivity index (χ0) is 32.5. The van der Waals surface area contributed by atoms with Crippen molar-refractivity contribution < 1.29 is 27.5 Å². The summed E-state index contributed by atoms with van der Waals surface area (Å²) in [6, 6.07) is 14.0. The molecule has 3 heterocycles. The molecule has 0 unspecified atom stereocenters. The summed E-state index contributed by atoms with van der Waals surface area (Å²) in [4.78, 5) is 32.8. The molecule has 12 nitrogen and oxygen atoms in total. The van der Waals surface area contributed by atoms with Gasteiger partial charge in [0.2, 0.25) is 10.0 Å². The van der Waals surface area contributed by atoms with Gasteiger partial charge < -0.3 is 29.6 Å². The number of ether oxygens (including phenoxy) is 2. The van der Waals surface area contributed by atoms with Crippen molar-refractivity contribution >= 4 is 44.1 Å². The van der Waals surface area contributed by atoms with E-state index in [4.69, 9.17) is 9.47 Å². The second-order valence-corrected chi connectivity index (χ2v) is 13.7. The lowest BCUT2D eigenvalue weighted by atomic mass is 9.86. The molecule has 0 aliphatic carbocycles. The SMILES string of the molecule is COc1c(NC(=O)c2cc3cccc(Oc4ccnc(C(=O)N5CCNCC5)c4)c3n2C)cc(C(C)(C)C)cc1NS(C)(=O)=O. The minimum absolute atomic E-state index is 0.154. The second-order valence-electron chi connectivity index (χ2n) is 12.0. The Morgan fingerprint density at radius 1 is 1.02 bits per heavy atom. The minimum Gasteiger partial charge on any atom is -0.492 e. The Kier molecular flexibility index (Phi) is 8.77. The highest BCUT2D eigenvalue weighted by molar-refractivity contribution is 7.92. The van der Waals surface area contributed by atoms with Gasteiger partial charge >= 0.3 is 0 Å². The number of rotatable bonds is 8. The lowest BCUT2D eigenvalue weighted by molar-refractivity contribution is 0.0729. The fraction of sp³-hybridized carbons (Fsp3) is 0.344. The number of anilines is 2. The van der Waals surface area contributed by atoms with E-state index in [9.17, 15) is 18.0 Å². The summed E-state index contributed by atoms with van der Waals surface area (Å²) in [5.41, 5.74) is 2.29. The lowest BCUT2D eigenvalue weighted by Crippen LogP contribution is -2.46. The number of benzene rings is 2. The van der Waals surface area contributed by atoms with E-state index in [2.05, 4.69) is 20.3 Å². The number of hydrogen-bond donors (Lipinski definition) is 3. The number of piperazine rings is 1. The Morgan fingerprint density at radius 3 is 2.40 bits per heavy atom. The third-order valence-electron chi connectivity index (χ3n) is 7.54. The van der Waals surface area contributed by atoms with Crippen LogP contribution >= 0.6 is 0 Å². The topological polar surface area (TPSA) is 144 Å². The molecule has 1 aliphatic heterocycles. The number of nitrogens with zero attached hydrogens (tertiary/aromatic N) is 3. The van der Waals surface area contributed by atoms with E-state index in [1.54, 1.807) is 59.1 Å². The van der Waals surface area contributed by atoms with E-state index in [1.165, 1.54) is 7.11 Å². The predicted octanol–water partition coefficient (Wildman–Crippen LogP) is 4.34. The molecule has 2 aromatic heterocycles. The monoisotopic (exact) mass is 634 g/mol. The number of carbonyl (C=O) groups excluding carboxylic acids is 2. The fourth-order valence-electron chi connectivity index (χ4n) is 5.26. The molecule has 5 rings (SSSR count). The highest BCUT2D eigenvalue weighted by atomic mass is 32.2. The predicted molar refractivity (Wildman–Crippen MR) is 174 cm³/mol. The molecule has 2 aromatic carbocycles. The van der Waals surface area contributed by atoms with Crippen LogP contribution in [-0.4, -0.2) is 74.2 Å². The van der Waals surface area contributed by atoms with Crippen LogP contribution in [0.2, 0.25) is 0 Å². The summed E-state index contributed by atoms with van der Waals surface area (Å²) in [6.07, 6.45) is 2.60. The lowest BCUT2D eigenvalue weighted by Gasteiger charge is -2.27. The second kappa shape index (κ2) is 12.4. The van der Waals surface area contributed by atoms with Gasteiger partial charge in [-0.3, -0.25) is 19.3 Å². The molecule has 0 radical (unpaired) electrons. The number of amides is 2. The first-order chi connectivity index (χ1) is 21.2. The van der Waals surface area contributed by atoms with E-state index in [1.807, 2.05) is 32.9 Å². The third-order valence-corrected chi connectivity index (χ3v) is 8.13. The Labute approximate surface area is 262 Å². The molecular weight excluding hydrogens is 596 g/mol. The number of nitrogens with one attached hydrogen (secondary N) is 3. The maximum absolute atomic E-state index is 13.7. The molecule has 0 spiro atoms. The van der Waals surface area contributed by atoms with Crippen molar-refractivity contribution in [1.29, 1.82) is 0 Å². The van der Waals surface area contributed by atoms with Gasteiger partial charge in [-0.1, -0.05) is 32.9 Å². The number of aromatic nitrogens is 2. The van der Waals surface area contributed by atoms with Gasteiger partial charge in [0, 0.05) is 50.9 Å². The number of fused-ring (bicyclic) bond motifs is 1. The Hall–Kier alpha value is -4.62. The third kappa shape index (κ3) is 7.04. The summed E-state index contributed by atoms with van der Waals surface area (Å²) in [5, 5.41) is 6.92. The summed E-state index contributed by atoms with van der Waals surface area (Å²) in [6.45, 7) is 8.67. The molecule has 238 valence electrons. The van der Waals surface area contributed by atoms with E-state index < -0.39 is 15.9 Å². The highest BCUT2D eigenvalue weighted by Gasteiger charge is 2.24. The largest absolute Gasteiger partial charge is 0.492 e. The maximum atomic E-state index is 13.7. The van der Waals surface area contributed by atoms with Gasteiger partial charge in [-0.2, -0.15) is 0 Å². The summed E-state index contributed by atoms with van der Waals surface area (Å²) in [7, 11) is -0.452. The number of para-hydroxylation sites is 1. The quantitative estimate of drug-likeness (QED) is 0.260. The van der Waals surface area contributed by atoms with E-state index in [0.717, 1.165) is 30.3 Å². The average molecular weight is 635 g/mol. The van der Waals surface area contributed by atoms with E-state index in [-0.39, 0.29) is 22.8 Å². The standard InChI is InChI=1S/C32H38N6O6S/c1-32(2,3)21-17-23(29(43-5)24(18-21)36-45(6,41)42)35-30(39)26-16-20-8-7-9-27(28(20)37(26)4)44-22-10-11-34-25(19-22)31(40)38-14-12-33-13-15-38/h7-11,16-19,33,36H,12-15H2,1-6H3,(H,35,39). The molecule has 1 aliphatic rings. The summed E-state index contributed by atoms with van der Waals surface area (Å²) >= 11 is 0. The molecule has 4 aromatic rings. The Balaban J connectivity index is 1.46. The average Bonchev–Trinajstić information content (AvgIpc) is 3.33. The number of hydrogen-bond acceptors (Lipinski definition) is 8. The molecule has 0 saturated carbocycles. The van der Waals surface area contributed by atoms with Crippen molar-refractivity contribution in [2.45, 2.75) is 26.2 Å². The summed E-state index contributed by atoms with van der Waals surface area (Å²) in [5.74, 6) is 0.542. The number of pyridine rings is 1. The molecule has 0 bridgehead atoms. The van der Waals surface area contributed by atoms with Crippen molar-refractivity contribution in [2.24, 2.45) is 7.05 Å². The van der Waals surface area contributed by atoms with Gasteiger partial charge in [0.25, 0.3) is 11.8 Å². The molecule has 1 saturated heterocycles. The first-order valence-corrected chi connectivity index (χ1v) is 16.4. The summed E-state index contributed by atoms with van der Waals surface area (Å²) < 4.78 is 40.3. The van der Waals surface area contributed by atoms with Gasteiger partial charge in [-0.05, 0) is 41.3 Å². The number of aryl methyl sites for hydroxylation is 1. The van der Waals surface area contributed by atoms with Crippen LogP contribution in [0.5, 0.6) is 17.2 Å². The molecule has 1 fully saturated rings. The van der Waals surface area contributed by atoms with Gasteiger partial charge in [0.05, 0.1) is 30.3 Å². The molecule has 13 heteroatoms. The van der Waals surface area contributed by atoms with Gasteiger partial charge in [-0.25, -0.2) is 8.42 Å². The maximum Gasteiger partial charge on any atom is 0.272 e. The number of carbonyl (C=O) groups is 2. The zero-order valence-corrected chi connectivity index (χ0v) is 27.0. The first-order valence-electron chi connectivity index (χ1n) is 14.5. The Morgan fingerprint density at radius 2 is 1.73 bits per heavy atom. The minimum atomic E-state index is -3.63. The van der Waals surface area contributed by atoms with Gasteiger partial charge in [0.15, 0.2) is 11.5 Å². The van der Waals surface area contributed by atoms with Crippen molar-refractivity contribution in [2.75, 3.05) is 49.6 Å². The molecule has 45 heavy (non-hydrogen) atoms. The van der Waals surface area contributed by atoms with Crippen molar-refractivity contribution in [1.82, 2.24) is 19.8 Å². The van der Waals surface area contributed by atoms with Crippen LogP contribution in [0.4, 0.5) is 11.4 Å². The highest BCUT2D eigenvalue weighted by Crippen LogP contribution is 2.40. The number of methoxy groups -OCH3 is 1. The van der Waals surface area contributed by atoms with Crippen LogP contribution in [0.1, 0.15) is 47.3 Å². The van der Waals surface area contributed by atoms with Gasteiger partial charge in [0.1, 0.15) is 17.1 Å². The number of sulfonamides is 1. The Bertz CT molecular complexity index is 1870. The van der Waals surface area contributed by atoms with Crippen molar-refractivity contribution in [3.8, 4) is 17.2 Å². The van der Waals surface area contributed by atoms with E-state index in [0.29, 0.717) is 47.2 Å². The molecular formula is C32H38N6O6S. The van der Waals surface area contributed by atoms with Crippen LogP contribution < -0.4 is 24.8 Å². The first kappa shape index (κ1) is 31.8. The van der Waals surface area contributed by atoms with Crippen LogP contribution in [0.15, 0.2) is 54.7 Å². The van der Waals surface area contributed by atoms with Crippen LogP contribution in [-0.2, 0) is 22.5 Å². The van der Waals surface area contributed by atoms with Gasteiger partial charge in [-0.15, -0.1) is 0 Å². The van der Waals surface area contributed by atoms with Crippen molar-refractivity contribution in [3.63, 3.8) is 0 Å². The van der Waals surface area contributed by atoms with Crippen LogP contribution in [0.25, 0.3) is 10.9 Å². The normalized spacial score (nSPS) is 13.9. The van der Waals surface area contributed by atoms with Crippen molar-refractivity contribution in [3.05, 3.63) is 71.7 Å². The molecule has 2 amide bonds. The smallest absolute Gasteiger partial charge is 0.272 e.